The van der Waals surface area contributed by atoms with Crippen molar-refractivity contribution in [3.8, 4) is 5.69 Å². The molecule has 4 aromatic rings. The molecule has 1 aliphatic rings. The number of nitrogens with zero attached hydrogens (tertiary/aromatic N) is 5. The van der Waals surface area contributed by atoms with Crippen LogP contribution in [0.1, 0.15) is 40.0 Å². The molecule has 0 aliphatic carbocycles. The molecule has 0 bridgehead atoms. The number of halogens is 1. The Morgan fingerprint density at radius 2 is 1.97 bits per heavy atom. The summed E-state index contributed by atoms with van der Waals surface area (Å²) in [5.41, 5.74) is 2.77. The second kappa shape index (κ2) is 7.55. The second-order valence-corrected chi connectivity index (χ2v) is 7.21. The monoisotopic (exact) mass is 402 g/mol. The van der Waals surface area contributed by atoms with Gasteiger partial charge in [0.25, 0.3) is 5.91 Å². The predicted octanol–water partition coefficient (Wildman–Crippen LogP) is 3.07. The number of fused-ring (bicyclic) bond motifs is 3. The quantitative estimate of drug-likeness (QED) is 0.569. The standard InChI is InChI=1S/C22H19FN6O/c23-17-7-3-1-6-16(17)13-28-14-25-20(27-28)22(30)26-18-10-9-15-5-2-4-8-19(15)29-12-11-24-21(18)29/h1-8,11-12,14,18H,9-10,13H2,(H,26,30). The highest BCUT2D eigenvalue weighted by atomic mass is 19.1. The summed E-state index contributed by atoms with van der Waals surface area (Å²) < 4.78 is 17.3. The normalized spacial score (nSPS) is 15.2. The number of carbonyl (C=O) groups is 1. The minimum atomic E-state index is -0.382. The van der Waals surface area contributed by atoms with Crippen molar-refractivity contribution < 1.29 is 9.18 Å². The van der Waals surface area contributed by atoms with Crippen molar-refractivity contribution in [2.45, 2.75) is 25.4 Å². The van der Waals surface area contributed by atoms with Gasteiger partial charge in [-0.25, -0.2) is 19.0 Å². The molecule has 0 saturated carbocycles. The summed E-state index contributed by atoms with van der Waals surface area (Å²) in [6.45, 7) is 0.204. The number of imidazole rings is 1. The Hall–Kier alpha value is -3.81. The molecule has 5 rings (SSSR count). The van der Waals surface area contributed by atoms with Gasteiger partial charge in [-0.1, -0.05) is 36.4 Å². The average Bonchev–Trinajstić information content (AvgIpc) is 3.40. The van der Waals surface area contributed by atoms with Gasteiger partial charge in [-0.3, -0.25) is 4.79 Å². The highest BCUT2D eigenvalue weighted by Gasteiger charge is 2.26. The lowest BCUT2D eigenvalue weighted by Gasteiger charge is -2.15. The van der Waals surface area contributed by atoms with Crippen LogP contribution in [-0.2, 0) is 13.0 Å². The van der Waals surface area contributed by atoms with Gasteiger partial charge in [0.15, 0.2) is 0 Å². The topological polar surface area (TPSA) is 77.6 Å². The van der Waals surface area contributed by atoms with E-state index in [0.29, 0.717) is 5.56 Å². The third-order valence-corrected chi connectivity index (χ3v) is 5.27. The van der Waals surface area contributed by atoms with E-state index in [-0.39, 0.29) is 30.1 Å². The van der Waals surface area contributed by atoms with Crippen LogP contribution >= 0.6 is 0 Å². The van der Waals surface area contributed by atoms with Crippen molar-refractivity contribution in [3.05, 3.63) is 95.8 Å². The van der Waals surface area contributed by atoms with E-state index in [4.69, 9.17) is 0 Å². The van der Waals surface area contributed by atoms with Crippen molar-refractivity contribution >= 4 is 5.91 Å². The van der Waals surface area contributed by atoms with Gasteiger partial charge in [0.1, 0.15) is 18.0 Å². The van der Waals surface area contributed by atoms with Gasteiger partial charge in [-0.05, 0) is 30.5 Å². The lowest BCUT2D eigenvalue weighted by atomic mass is 10.1. The van der Waals surface area contributed by atoms with Crippen LogP contribution in [-0.4, -0.2) is 30.2 Å². The van der Waals surface area contributed by atoms with Gasteiger partial charge >= 0.3 is 0 Å². The molecule has 1 aliphatic heterocycles. The van der Waals surface area contributed by atoms with E-state index in [1.807, 2.05) is 22.9 Å². The molecule has 2 aromatic heterocycles. The van der Waals surface area contributed by atoms with Gasteiger partial charge in [-0.15, -0.1) is 5.10 Å². The number of aromatic nitrogens is 5. The Morgan fingerprint density at radius 3 is 2.87 bits per heavy atom. The Kier molecular flexibility index (Phi) is 4.59. The lowest BCUT2D eigenvalue weighted by Crippen LogP contribution is -2.31. The molecular weight excluding hydrogens is 383 g/mol. The van der Waals surface area contributed by atoms with Crippen molar-refractivity contribution in [1.82, 2.24) is 29.6 Å². The maximum atomic E-state index is 13.9. The molecule has 150 valence electrons. The summed E-state index contributed by atoms with van der Waals surface area (Å²) in [4.78, 5) is 21.4. The van der Waals surface area contributed by atoms with Gasteiger partial charge in [0.05, 0.1) is 12.6 Å². The zero-order valence-electron chi connectivity index (χ0n) is 16.1. The van der Waals surface area contributed by atoms with Crippen LogP contribution in [0.3, 0.4) is 0 Å². The zero-order chi connectivity index (χ0) is 20.5. The van der Waals surface area contributed by atoms with E-state index >= 15 is 0 Å². The van der Waals surface area contributed by atoms with Crippen LogP contribution in [0.15, 0.2) is 67.3 Å². The minimum absolute atomic E-state index is 0.0474. The predicted molar refractivity (Wildman–Crippen MR) is 108 cm³/mol. The fourth-order valence-corrected chi connectivity index (χ4v) is 3.80. The largest absolute Gasteiger partial charge is 0.339 e. The summed E-state index contributed by atoms with van der Waals surface area (Å²) in [7, 11) is 0. The van der Waals surface area contributed by atoms with Gasteiger partial charge < -0.3 is 9.88 Å². The fourth-order valence-electron chi connectivity index (χ4n) is 3.80. The van der Waals surface area contributed by atoms with Crippen LogP contribution in [0.4, 0.5) is 4.39 Å². The summed E-state index contributed by atoms with van der Waals surface area (Å²) in [6, 6.07) is 14.4. The van der Waals surface area contributed by atoms with E-state index in [1.54, 1.807) is 24.4 Å². The van der Waals surface area contributed by atoms with E-state index in [1.165, 1.54) is 22.6 Å². The first kappa shape index (κ1) is 18.2. The number of hydrogen-bond donors (Lipinski definition) is 1. The third kappa shape index (κ3) is 3.36. The van der Waals surface area contributed by atoms with Gasteiger partial charge in [0, 0.05) is 23.6 Å². The SMILES string of the molecule is O=C(NC1CCc2ccccc2-n2ccnc21)c1ncn(Cc2ccccc2F)n1. The maximum absolute atomic E-state index is 13.9. The number of para-hydroxylation sites is 1. The molecule has 0 saturated heterocycles. The molecule has 1 unspecified atom stereocenters. The molecule has 0 spiro atoms. The number of benzene rings is 2. The van der Waals surface area contributed by atoms with E-state index in [2.05, 4.69) is 32.5 Å². The summed E-state index contributed by atoms with van der Waals surface area (Å²) in [5.74, 6) is 0.127. The maximum Gasteiger partial charge on any atom is 0.291 e. The summed E-state index contributed by atoms with van der Waals surface area (Å²) in [6.07, 6.45) is 6.61. The van der Waals surface area contributed by atoms with E-state index < -0.39 is 0 Å². The number of hydrogen-bond acceptors (Lipinski definition) is 4. The highest BCUT2D eigenvalue weighted by Crippen LogP contribution is 2.28. The van der Waals surface area contributed by atoms with Crippen LogP contribution in [0.2, 0.25) is 0 Å². The van der Waals surface area contributed by atoms with E-state index in [0.717, 1.165) is 24.4 Å². The molecule has 1 N–H and O–H groups in total. The molecule has 30 heavy (non-hydrogen) atoms. The summed E-state index contributed by atoms with van der Waals surface area (Å²) >= 11 is 0. The average molecular weight is 402 g/mol. The number of nitrogens with one attached hydrogen (secondary N) is 1. The van der Waals surface area contributed by atoms with E-state index in [9.17, 15) is 9.18 Å². The van der Waals surface area contributed by atoms with Crippen LogP contribution < -0.4 is 5.32 Å². The molecule has 8 heteroatoms. The van der Waals surface area contributed by atoms with Crippen molar-refractivity contribution in [2.75, 3.05) is 0 Å². The van der Waals surface area contributed by atoms with Crippen LogP contribution in [0.25, 0.3) is 5.69 Å². The first-order valence-corrected chi connectivity index (χ1v) is 9.74. The Bertz CT molecular complexity index is 1210. The lowest BCUT2D eigenvalue weighted by molar-refractivity contribution is 0.0922. The third-order valence-electron chi connectivity index (χ3n) is 5.27. The molecule has 1 atom stereocenters. The first-order valence-electron chi connectivity index (χ1n) is 9.74. The molecule has 3 heterocycles. The fraction of sp³-hybridized carbons (Fsp3) is 0.182. The van der Waals surface area contributed by atoms with Crippen molar-refractivity contribution in [3.63, 3.8) is 0 Å². The Labute approximate surface area is 172 Å². The number of carbonyl (C=O) groups excluding carboxylic acids is 1. The molecule has 7 nitrogen and oxygen atoms in total. The van der Waals surface area contributed by atoms with Gasteiger partial charge in [-0.2, -0.15) is 0 Å². The second-order valence-electron chi connectivity index (χ2n) is 7.21. The molecule has 0 fully saturated rings. The minimum Gasteiger partial charge on any atom is -0.339 e. The Balaban J connectivity index is 1.34. The van der Waals surface area contributed by atoms with Crippen molar-refractivity contribution in [1.29, 1.82) is 0 Å². The molecule has 1 amide bonds. The smallest absolute Gasteiger partial charge is 0.291 e. The van der Waals surface area contributed by atoms with Gasteiger partial charge in [0.2, 0.25) is 5.82 Å². The Morgan fingerprint density at radius 1 is 1.13 bits per heavy atom. The zero-order valence-corrected chi connectivity index (χ0v) is 16.1. The molecular formula is C22H19FN6O. The molecule has 2 aromatic carbocycles. The first-order chi connectivity index (χ1) is 14.7. The van der Waals surface area contributed by atoms with Crippen LogP contribution in [0.5, 0.6) is 0 Å². The number of aryl methyl sites for hydroxylation is 1. The van der Waals surface area contributed by atoms with Crippen molar-refractivity contribution in [2.24, 2.45) is 0 Å². The number of rotatable bonds is 4. The summed E-state index contributed by atoms with van der Waals surface area (Å²) in [5, 5.41) is 7.22. The number of amides is 1. The van der Waals surface area contributed by atoms with Crippen LogP contribution in [0, 0.1) is 5.82 Å². The molecule has 0 radical (unpaired) electrons. The highest BCUT2D eigenvalue weighted by molar-refractivity contribution is 5.90.